The summed E-state index contributed by atoms with van der Waals surface area (Å²) in [6.07, 6.45) is 1.80. The molecule has 6 heteroatoms. The van der Waals surface area contributed by atoms with Crippen LogP contribution in [0, 0.1) is 0 Å². The molecule has 1 aliphatic heterocycles. The molecule has 1 amide bonds. The maximum Gasteiger partial charge on any atom is 0.268 e. The van der Waals surface area contributed by atoms with Crippen LogP contribution in [0.5, 0.6) is 0 Å². The Bertz CT molecular complexity index is 253. The molecular formula is C5H4ClIN2OS. The zero-order chi connectivity index (χ0) is 8.43. The maximum atomic E-state index is 11.0. The highest BCUT2D eigenvalue weighted by Crippen LogP contribution is 2.17. The lowest BCUT2D eigenvalue weighted by molar-refractivity contribution is -0.116. The predicted octanol–water partition coefficient (Wildman–Crippen LogP) is 1.69. The third-order valence-electron chi connectivity index (χ3n) is 1.02. The van der Waals surface area contributed by atoms with E-state index in [0.717, 1.165) is 0 Å². The first-order valence-electron chi connectivity index (χ1n) is 2.70. The molecule has 0 aromatic heterocycles. The smallest absolute Gasteiger partial charge is 0.268 e. The lowest BCUT2D eigenvalue weighted by Crippen LogP contribution is -2.23. The van der Waals surface area contributed by atoms with Gasteiger partial charge in [-0.2, -0.15) is 4.99 Å². The van der Waals surface area contributed by atoms with E-state index in [2.05, 4.69) is 9.98 Å². The summed E-state index contributed by atoms with van der Waals surface area (Å²) >= 11 is 8.88. The van der Waals surface area contributed by atoms with Crippen molar-refractivity contribution in [1.29, 1.82) is 0 Å². The van der Waals surface area contributed by atoms with Crippen molar-refractivity contribution in [3.8, 4) is 0 Å². The van der Waals surface area contributed by atoms with Crippen LogP contribution in [-0.4, -0.2) is 26.4 Å². The van der Waals surface area contributed by atoms with Crippen LogP contribution >= 0.6 is 46.0 Å². The summed E-state index contributed by atoms with van der Waals surface area (Å²) in [7, 11) is 0. The monoisotopic (exact) mass is 302 g/mol. The number of amidine groups is 1. The molecule has 1 rings (SSSR count). The SMILES string of the molecule is CSC1=NC(=O)C(I)C(Cl)=N1. The van der Waals surface area contributed by atoms with E-state index >= 15 is 0 Å². The minimum atomic E-state index is -0.398. The molecule has 0 aromatic rings. The van der Waals surface area contributed by atoms with E-state index in [1.54, 1.807) is 6.26 Å². The molecule has 0 aliphatic carbocycles. The molecule has 0 saturated carbocycles. The van der Waals surface area contributed by atoms with Crippen molar-refractivity contribution in [3.63, 3.8) is 0 Å². The van der Waals surface area contributed by atoms with E-state index in [1.165, 1.54) is 11.8 Å². The fourth-order valence-electron chi connectivity index (χ4n) is 0.517. The second-order valence-electron chi connectivity index (χ2n) is 1.73. The summed E-state index contributed by atoms with van der Waals surface area (Å²) in [4.78, 5) is 18.6. The summed E-state index contributed by atoms with van der Waals surface area (Å²) in [6, 6.07) is 0. The molecule has 0 saturated heterocycles. The van der Waals surface area contributed by atoms with Crippen LogP contribution in [0.2, 0.25) is 0 Å². The maximum absolute atomic E-state index is 11.0. The highest BCUT2D eigenvalue weighted by Gasteiger charge is 2.24. The third-order valence-corrected chi connectivity index (χ3v) is 3.36. The number of alkyl halides is 1. The number of nitrogens with zero attached hydrogens (tertiary/aromatic N) is 2. The third kappa shape index (κ3) is 2.16. The molecule has 1 unspecified atom stereocenters. The van der Waals surface area contributed by atoms with Crippen LogP contribution in [0.4, 0.5) is 0 Å². The van der Waals surface area contributed by atoms with Crippen molar-refractivity contribution in [3.05, 3.63) is 0 Å². The number of halogens is 2. The van der Waals surface area contributed by atoms with E-state index in [1.807, 2.05) is 22.6 Å². The van der Waals surface area contributed by atoms with Crippen LogP contribution in [-0.2, 0) is 4.79 Å². The lowest BCUT2D eigenvalue weighted by Gasteiger charge is -2.08. The van der Waals surface area contributed by atoms with Gasteiger partial charge < -0.3 is 0 Å². The molecule has 0 N–H and O–H groups in total. The topological polar surface area (TPSA) is 41.8 Å². The van der Waals surface area contributed by atoms with E-state index in [4.69, 9.17) is 11.6 Å². The number of carbonyl (C=O) groups excluding carboxylic acids is 1. The summed E-state index contributed by atoms with van der Waals surface area (Å²) in [6.45, 7) is 0. The molecule has 0 fully saturated rings. The van der Waals surface area contributed by atoms with E-state index in [9.17, 15) is 4.79 Å². The van der Waals surface area contributed by atoms with Gasteiger partial charge in [0.1, 0.15) is 9.10 Å². The van der Waals surface area contributed by atoms with Gasteiger partial charge in [-0.3, -0.25) is 4.79 Å². The van der Waals surface area contributed by atoms with Crippen LogP contribution in [0.3, 0.4) is 0 Å². The van der Waals surface area contributed by atoms with Gasteiger partial charge in [0, 0.05) is 0 Å². The Morgan fingerprint density at radius 3 is 2.73 bits per heavy atom. The Hall–Kier alpha value is 0.380. The summed E-state index contributed by atoms with van der Waals surface area (Å²) in [5.74, 6) is -0.227. The largest absolute Gasteiger partial charge is 0.271 e. The fraction of sp³-hybridized carbons (Fsp3) is 0.400. The Morgan fingerprint density at radius 2 is 2.27 bits per heavy atom. The normalized spacial score (nSPS) is 24.6. The number of carbonyl (C=O) groups is 1. The average molecular weight is 303 g/mol. The van der Waals surface area contributed by atoms with Crippen LogP contribution in [0.1, 0.15) is 0 Å². The van der Waals surface area contributed by atoms with E-state index < -0.39 is 3.92 Å². The highest BCUT2D eigenvalue weighted by atomic mass is 127. The minimum Gasteiger partial charge on any atom is -0.271 e. The summed E-state index contributed by atoms with van der Waals surface area (Å²) < 4.78 is -0.398. The number of hydrogen-bond donors (Lipinski definition) is 0. The van der Waals surface area contributed by atoms with Crippen molar-refractivity contribution in [2.45, 2.75) is 3.92 Å². The average Bonchev–Trinajstić information content (AvgIpc) is 1.99. The molecule has 0 bridgehead atoms. The van der Waals surface area contributed by atoms with Crippen molar-refractivity contribution in [2.75, 3.05) is 6.26 Å². The van der Waals surface area contributed by atoms with Gasteiger partial charge in [-0.25, -0.2) is 4.99 Å². The van der Waals surface area contributed by atoms with Crippen molar-refractivity contribution in [2.24, 2.45) is 9.98 Å². The number of amides is 1. The second-order valence-corrected chi connectivity index (χ2v) is 4.14. The zero-order valence-corrected chi connectivity index (χ0v) is 9.27. The molecule has 11 heavy (non-hydrogen) atoms. The van der Waals surface area contributed by atoms with Crippen LogP contribution in [0.15, 0.2) is 9.98 Å². The van der Waals surface area contributed by atoms with Crippen LogP contribution < -0.4 is 0 Å². The first kappa shape index (κ1) is 9.47. The minimum absolute atomic E-state index is 0.227. The molecular weight excluding hydrogens is 298 g/mol. The zero-order valence-electron chi connectivity index (χ0n) is 5.54. The van der Waals surface area contributed by atoms with Gasteiger partial charge in [0.15, 0.2) is 5.17 Å². The number of rotatable bonds is 0. The number of aliphatic imine (C=N–C) groups is 2. The van der Waals surface area contributed by atoms with Gasteiger partial charge in [-0.15, -0.1) is 0 Å². The van der Waals surface area contributed by atoms with Gasteiger partial charge in [-0.1, -0.05) is 46.0 Å². The number of hydrogen-bond acceptors (Lipinski definition) is 3. The standard InChI is InChI=1S/C5H4ClIN2OS/c1-11-5-8-3(6)2(7)4(10)9-5/h2H,1H3. The predicted molar refractivity (Wildman–Crippen MR) is 57.1 cm³/mol. The summed E-state index contributed by atoms with van der Waals surface area (Å²) in [5, 5.41) is 0.753. The lowest BCUT2D eigenvalue weighted by atomic mass is 10.4. The molecule has 3 nitrogen and oxygen atoms in total. The Labute approximate surface area is 86.8 Å². The molecule has 0 aromatic carbocycles. The summed E-state index contributed by atoms with van der Waals surface area (Å²) in [5.41, 5.74) is 0. The molecule has 0 radical (unpaired) electrons. The molecule has 1 heterocycles. The van der Waals surface area contributed by atoms with Gasteiger partial charge >= 0.3 is 0 Å². The molecule has 60 valence electrons. The van der Waals surface area contributed by atoms with Crippen molar-refractivity contribution in [1.82, 2.24) is 0 Å². The highest BCUT2D eigenvalue weighted by molar-refractivity contribution is 14.1. The van der Waals surface area contributed by atoms with Gasteiger partial charge in [-0.05, 0) is 6.26 Å². The molecule has 1 atom stereocenters. The molecule has 1 aliphatic rings. The van der Waals surface area contributed by atoms with Crippen LogP contribution in [0.25, 0.3) is 0 Å². The van der Waals surface area contributed by atoms with E-state index in [0.29, 0.717) is 10.3 Å². The van der Waals surface area contributed by atoms with Crippen molar-refractivity contribution >= 4 is 62.2 Å². The second kappa shape index (κ2) is 3.86. The quantitative estimate of drug-likeness (QED) is 0.505. The van der Waals surface area contributed by atoms with Gasteiger partial charge in [0.25, 0.3) is 5.91 Å². The first-order valence-corrected chi connectivity index (χ1v) is 5.54. The fourth-order valence-corrected chi connectivity index (χ4v) is 1.39. The molecule has 0 spiro atoms. The van der Waals surface area contributed by atoms with Gasteiger partial charge in [0.2, 0.25) is 0 Å². The Kier molecular flexibility index (Phi) is 3.32. The van der Waals surface area contributed by atoms with Crippen molar-refractivity contribution < 1.29 is 4.79 Å². The Balaban J connectivity index is 2.91. The number of thioether (sulfide) groups is 1. The van der Waals surface area contributed by atoms with Gasteiger partial charge in [0.05, 0.1) is 0 Å². The Morgan fingerprint density at radius 1 is 1.64 bits per heavy atom. The first-order chi connectivity index (χ1) is 5.15. The van der Waals surface area contributed by atoms with E-state index in [-0.39, 0.29) is 5.91 Å².